The van der Waals surface area contributed by atoms with Gasteiger partial charge < -0.3 is 9.94 Å². The van der Waals surface area contributed by atoms with E-state index in [9.17, 15) is 4.79 Å². The maximum absolute atomic E-state index is 11.4. The third kappa shape index (κ3) is 2.30. The minimum atomic E-state index is -0.284. The van der Waals surface area contributed by atoms with Crippen molar-refractivity contribution in [1.29, 1.82) is 0 Å². The minimum Gasteiger partial charge on any atom is -0.469 e. The lowest BCUT2D eigenvalue weighted by Gasteiger charge is -2.25. The normalized spacial score (nSPS) is 21.0. The van der Waals surface area contributed by atoms with Crippen molar-refractivity contribution in [3.63, 3.8) is 0 Å². The molecule has 1 N–H and O–H groups in total. The van der Waals surface area contributed by atoms with Gasteiger partial charge in [0.15, 0.2) is 0 Å². The lowest BCUT2D eigenvalue weighted by molar-refractivity contribution is -0.140. The highest BCUT2D eigenvalue weighted by Crippen LogP contribution is 2.32. The molecule has 0 heterocycles. The number of ether oxygens (including phenoxy) is 1. The number of carbonyl (C=O) groups excluding carboxylic acids is 1. The molecule has 1 aliphatic carbocycles. The first-order chi connectivity index (χ1) is 8.26. The summed E-state index contributed by atoms with van der Waals surface area (Å²) >= 11 is 0. The standard InChI is InChI=1S/C13H15NO3/c1-17-13(15)8-11-10-5-3-2-4-9(10)6-7-12(11)14-16/h2-5,11,16H,6-8H2,1H3/b14-12-. The summed E-state index contributed by atoms with van der Waals surface area (Å²) in [5.41, 5.74) is 2.94. The van der Waals surface area contributed by atoms with E-state index < -0.39 is 0 Å². The van der Waals surface area contributed by atoms with Crippen molar-refractivity contribution >= 4 is 11.7 Å². The van der Waals surface area contributed by atoms with Gasteiger partial charge in [-0.05, 0) is 24.0 Å². The van der Waals surface area contributed by atoms with Crippen LogP contribution in [0.15, 0.2) is 29.4 Å². The van der Waals surface area contributed by atoms with Gasteiger partial charge in [0, 0.05) is 5.92 Å². The van der Waals surface area contributed by atoms with Gasteiger partial charge in [0.1, 0.15) is 0 Å². The van der Waals surface area contributed by atoms with Crippen LogP contribution in [-0.4, -0.2) is 24.0 Å². The molecule has 1 aromatic carbocycles. The summed E-state index contributed by atoms with van der Waals surface area (Å²) in [6.45, 7) is 0. The van der Waals surface area contributed by atoms with E-state index in [-0.39, 0.29) is 18.3 Å². The van der Waals surface area contributed by atoms with Crippen molar-refractivity contribution in [2.45, 2.75) is 25.2 Å². The number of hydrogen-bond acceptors (Lipinski definition) is 4. The average molecular weight is 233 g/mol. The molecule has 0 saturated heterocycles. The van der Waals surface area contributed by atoms with Crippen molar-refractivity contribution in [2.24, 2.45) is 5.16 Å². The zero-order valence-electron chi connectivity index (χ0n) is 9.72. The summed E-state index contributed by atoms with van der Waals surface area (Å²) in [5, 5.41) is 12.3. The number of aryl methyl sites for hydroxylation is 1. The number of hydrogen-bond donors (Lipinski definition) is 1. The van der Waals surface area contributed by atoms with E-state index in [0.717, 1.165) is 12.0 Å². The summed E-state index contributed by atoms with van der Waals surface area (Å²) in [6, 6.07) is 7.94. The molecule has 0 fully saturated rings. The SMILES string of the molecule is COC(=O)CC1/C(=N\O)CCc2ccccc21. The zero-order chi connectivity index (χ0) is 12.3. The van der Waals surface area contributed by atoms with E-state index in [1.165, 1.54) is 12.7 Å². The maximum Gasteiger partial charge on any atom is 0.306 e. The molecule has 0 radical (unpaired) electrons. The van der Waals surface area contributed by atoms with Gasteiger partial charge in [-0.1, -0.05) is 29.4 Å². The summed E-state index contributed by atoms with van der Waals surface area (Å²) < 4.78 is 4.69. The van der Waals surface area contributed by atoms with Crippen LogP contribution in [0.3, 0.4) is 0 Å². The second kappa shape index (κ2) is 4.99. The molecule has 1 aromatic rings. The van der Waals surface area contributed by atoms with Crippen LogP contribution in [-0.2, 0) is 16.0 Å². The summed E-state index contributed by atoms with van der Waals surface area (Å²) in [7, 11) is 1.37. The van der Waals surface area contributed by atoms with Crippen LogP contribution in [0.1, 0.15) is 29.9 Å². The van der Waals surface area contributed by atoms with Gasteiger partial charge in [-0.15, -0.1) is 0 Å². The van der Waals surface area contributed by atoms with Crippen LogP contribution >= 0.6 is 0 Å². The zero-order valence-corrected chi connectivity index (χ0v) is 9.72. The molecule has 4 nitrogen and oxygen atoms in total. The van der Waals surface area contributed by atoms with E-state index >= 15 is 0 Å². The average Bonchev–Trinajstić information content (AvgIpc) is 2.39. The largest absolute Gasteiger partial charge is 0.469 e. The van der Waals surface area contributed by atoms with Gasteiger partial charge >= 0.3 is 5.97 Å². The predicted molar refractivity (Wildman–Crippen MR) is 63.4 cm³/mol. The van der Waals surface area contributed by atoms with Gasteiger partial charge in [0.2, 0.25) is 0 Å². The first-order valence-corrected chi connectivity index (χ1v) is 5.61. The summed E-state index contributed by atoms with van der Waals surface area (Å²) in [4.78, 5) is 11.4. The van der Waals surface area contributed by atoms with Crippen molar-refractivity contribution in [2.75, 3.05) is 7.11 Å². The van der Waals surface area contributed by atoms with E-state index in [0.29, 0.717) is 12.1 Å². The quantitative estimate of drug-likeness (QED) is 0.483. The van der Waals surface area contributed by atoms with Crippen molar-refractivity contribution < 1.29 is 14.7 Å². The molecule has 4 heteroatoms. The number of esters is 1. The predicted octanol–water partition coefficient (Wildman–Crippen LogP) is 2.11. The smallest absolute Gasteiger partial charge is 0.306 e. The summed E-state index contributed by atoms with van der Waals surface area (Å²) in [6.07, 6.45) is 1.77. The fraction of sp³-hybridized carbons (Fsp3) is 0.385. The van der Waals surface area contributed by atoms with Crippen LogP contribution in [0.2, 0.25) is 0 Å². The molecule has 0 spiro atoms. The van der Waals surface area contributed by atoms with Crippen LogP contribution in [0.4, 0.5) is 0 Å². The number of rotatable bonds is 2. The van der Waals surface area contributed by atoms with Crippen LogP contribution < -0.4 is 0 Å². The Bertz CT molecular complexity index is 454. The van der Waals surface area contributed by atoms with Gasteiger partial charge in [-0.3, -0.25) is 4.79 Å². The monoisotopic (exact) mass is 233 g/mol. The molecule has 17 heavy (non-hydrogen) atoms. The van der Waals surface area contributed by atoms with Crippen LogP contribution in [0.25, 0.3) is 0 Å². The highest BCUT2D eigenvalue weighted by Gasteiger charge is 2.28. The number of benzene rings is 1. The molecule has 0 aromatic heterocycles. The highest BCUT2D eigenvalue weighted by molar-refractivity contribution is 5.95. The Morgan fingerprint density at radius 2 is 2.24 bits per heavy atom. The number of oxime groups is 1. The van der Waals surface area contributed by atoms with Crippen molar-refractivity contribution in [3.05, 3.63) is 35.4 Å². The highest BCUT2D eigenvalue weighted by atomic mass is 16.5. The number of carbonyl (C=O) groups is 1. The Hall–Kier alpha value is -1.84. The molecule has 0 amide bonds. The molecule has 1 atom stereocenters. The molecule has 1 aliphatic rings. The Morgan fingerprint density at radius 1 is 1.47 bits per heavy atom. The first kappa shape index (κ1) is 11.6. The maximum atomic E-state index is 11.4. The van der Waals surface area contributed by atoms with Crippen LogP contribution in [0.5, 0.6) is 0 Å². The Balaban J connectivity index is 2.34. The number of methoxy groups -OCH3 is 1. The van der Waals surface area contributed by atoms with E-state index in [2.05, 4.69) is 9.89 Å². The fourth-order valence-electron chi connectivity index (χ4n) is 2.32. The van der Waals surface area contributed by atoms with E-state index in [1.807, 2.05) is 24.3 Å². The molecule has 0 saturated carbocycles. The third-order valence-electron chi connectivity index (χ3n) is 3.21. The van der Waals surface area contributed by atoms with Crippen LogP contribution in [0, 0.1) is 0 Å². The Kier molecular flexibility index (Phi) is 3.42. The molecule has 0 bridgehead atoms. The van der Waals surface area contributed by atoms with Gasteiger partial charge in [-0.2, -0.15) is 0 Å². The van der Waals surface area contributed by atoms with Gasteiger partial charge in [0.05, 0.1) is 19.2 Å². The first-order valence-electron chi connectivity index (χ1n) is 5.61. The lowest BCUT2D eigenvalue weighted by Crippen LogP contribution is -2.23. The van der Waals surface area contributed by atoms with Crippen molar-refractivity contribution in [3.8, 4) is 0 Å². The molecule has 90 valence electrons. The Morgan fingerprint density at radius 3 is 2.94 bits per heavy atom. The number of fused-ring (bicyclic) bond motifs is 1. The third-order valence-corrected chi connectivity index (χ3v) is 3.21. The number of nitrogens with zero attached hydrogens (tertiary/aromatic N) is 1. The topological polar surface area (TPSA) is 58.9 Å². The summed E-state index contributed by atoms with van der Waals surface area (Å²) in [5.74, 6) is -0.440. The van der Waals surface area contributed by atoms with E-state index in [4.69, 9.17) is 5.21 Å². The molecular formula is C13H15NO3. The van der Waals surface area contributed by atoms with Gasteiger partial charge in [-0.25, -0.2) is 0 Å². The van der Waals surface area contributed by atoms with E-state index in [1.54, 1.807) is 0 Å². The fourth-order valence-corrected chi connectivity index (χ4v) is 2.32. The molecule has 0 aliphatic heterocycles. The molecular weight excluding hydrogens is 218 g/mol. The van der Waals surface area contributed by atoms with Crippen molar-refractivity contribution in [1.82, 2.24) is 0 Å². The second-order valence-corrected chi connectivity index (χ2v) is 4.12. The second-order valence-electron chi connectivity index (χ2n) is 4.12. The molecule has 2 rings (SSSR count). The minimum absolute atomic E-state index is 0.155. The van der Waals surface area contributed by atoms with Gasteiger partial charge in [0.25, 0.3) is 0 Å². The lowest BCUT2D eigenvalue weighted by atomic mass is 9.79. The molecule has 1 unspecified atom stereocenters. The Labute approximate surface area is 99.9 Å².